The maximum absolute atomic E-state index is 5.57. The van der Waals surface area contributed by atoms with Crippen LogP contribution in [0.25, 0.3) is 0 Å². The van der Waals surface area contributed by atoms with Gasteiger partial charge in [0, 0.05) is 45.9 Å². The van der Waals surface area contributed by atoms with Crippen molar-refractivity contribution in [3.63, 3.8) is 0 Å². The SMILES string of the molecule is CCCCOCCCNC(=NC)NCC1CCN(C2CC2)C1.I. The molecule has 2 N–H and O–H groups in total. The smallest absolute Gasteiger partial charge is 0.190 e. The van der Waals surface area contributed by atoms with Crippen LogP contribution in [0.2, 0.25) is 0 Å². The summed E-state index contributed by atoms with van der Waals surface area (Å²) in [6.07, 6.45) is 7.56. The molecule has 2 fully saturated rings. The van der Waals surface area contributed by atoms with E-state index in [0.717, 1.165) is 57.1 Å². The van der Waals surface area contributed by atoms with E-state index in [-0.39, 0.29) is 24.0 Å². The molecule has 1 aliphatic heterocycles. The molecule has 1 saturated carbocycles. The van der Waals surface area contributed by atoms with Gasteiger partial charge in [-0.15, -0.1) is 24.0 Å². The minimum absolute atomic E-state index is 0. The number of guanidine groups is 1. The van der Waals surface area contributed by atoms with E-state index in [0.29, 0.717) is 0 Å². The minimum Gasteiger partial charge on any atom is -0.381 e. The van der Waals surface area contributed by atoms with Crippen LogP contribution < -0.4 is 10.6 Å². The first-order valence-corrected chi connectivity index (χ1v) is 9.09. The molecule has 136 valence electrons. The predicted octanol–water partition coefficient (Wildman–Crippen LogP) is 2.46. The van der Waals surface area contributed by atoms with Gasteiger partial charge in [-0.1, -0.05) is 13.3 Å². The van der Waals surface area contributed by atoms with E-state index in [9.17, 15) is 0 Å². The normalized spacial score (nSPS) is 22.0. The van der Waals surface area contributed by atoms with Gasteiger partial charge in [0.05, 0.1) is 0 Å². The third-order valence-corrected chi connectivity index (χ3v) is 4.56. The van der Waals surface area contributed by atoms with Gasteiger partial charge in [0.15, 0.2) is 5.96 Å². The van der Waals surface area contributed by atoms with Crippen LogP contribution in [0.5, 0.6) is 0 Å². The summed E-state index contributed by atoms with van der Waals surface area (Å²) in [6.45, 7) is 8.43. The molecule has 5 nitrogen and oxygen atoms in total. The summed E-state index contributed by atoms with van der Waals surface area (Å²) in [6, 6.07) is 0.912. The second-order valence-corrected chi connectivity index (χ2v) is 6.58. The molecule has 1 heterocycles. The lowest BCUT2D eigenvalue weighted by Gasteiger charge is -2.17. The van der Waals surface area contributed by atoms with Gasteiger partial charge in [0.25, 0.3) is 0 Å². The van der Waals surface area contributed by atoms with E-state index in [4.69, 9.17) is 4.74 Å². The van der Waals surface area contributed by atoms with Gasteiger partial charge in [-0.05, 0) is 44.6 Å². The summed E-state index contributed by atoms with van der Waals surface area (Å²) in [4.78, 5) is 6.97. The van der Waals surface area contributed by atoms with Crippen LogP contribution in [0.4, 0.5) is 0 Å². The van der Waals surface area contributed by atoms with Gasteiger partial charge in [-0.2, -0.15) is 0 Å². The van der Waals surface area contributed by atoms with Crippen LogP contribution in [0, 0.1) is 5.92 Å². The standard InChI is InChI=1S/C17H34N4O.HI/c1-3-4-11-22-12-5-9-19-17(18-2)20-13-15-8-10-21(14-15)16-6-7-16;/h15-16H,3-14H2,1-2H3,(H2,18,19,20);1H. The highest BCUT2D eigenvalue weighted by atomic mass is 127. The van der Waals surface area contributed by atoms with Crippen LogP contribution in [-0.4, -0.2) is 63.3 Å². The maximum Gasteiger partial charge on any atom is 0.190 e. The largest absolute Gasteiger partial charge is 0.381 e. The van der Waals surface area contributed by atoms with Crippen molar-refractivity contribution in [2.75, 3.05) is 46.4 Å². The van der Waals surface area contributed by atoms with E-state index in [1.54, 1.807) is 0 Å². The summed E-state index contributed by atoms with van der Waals surface area (Å²) < 4.78 is 5.57. The number of hydrogen-bond acceptors (Lipinski definition) is 3. The van der Waals surface area contributed by atoms with Crippen molar-refractivity contribution >= 4 is 29.9 Å². The molecule has 1 saturated heterocycles. The van der Waals surface area contributed by atoms with E-state index < -0.39 is 0 Å². The number of aliphatic imine (C=N–C) groups is 1. The second kappa shape index (κ2) is 12.3. The van der Waals surface area contributed by atoms with Crippen LogP contribution in [0.1, 0.15) is 45.4 Å². The number of ether oxygens (including phenoxy) is 1. The van der Waals surface area contributed by atoms with Gasteiger partial charge in [-0.3, -0.25) is 4.99 Å². The lowest BCUT2D eigenvalue weighted by atomic mass is 10.1. The van der Waals surface area contributed by atoms with Crippen LogP contribution in [-0.2, 0) is 4.74 Å². The molecule has 0 aromatic heterocycles. The summed E-state index contributed by atoms with van der Waals surface area (Å²) in [5.74, 6) is 1.70. The monoisotopic (exact) mass is 438 g/mol. The molecule has 1 aliphatic carbocycles. The Balaban J connectivity index is 0.00000264. The fourth-order valence-electron chi connectivity index (χ4n) is 2.99. The van der Waals surface area contributed by atoms with Gasteiger partial charge in [0.2, 0.25) is 0 Å². The summed E-state index contributed by atoms with van der Waals surface area (Å²) in [5, 5.41) is 6.85. The molecule has 23 heavy (non-hydrogen) atoms. The summed E-state index contributed by atoms with van der Waals surface area (Å²) in [5.41, 5.74) is 0. The lowest BCUT2D eigenvalue weighted by molar-refractivity contribution is 0.129. The molecule has 0 radical (unpaired) electrons. The first-order chi connectivity index (χ1) is 10.8. The highest BCUT2D eigenvalue weighted by molar-refractivity contribution is 14.0. The highest BCUT2D eigenvalue weighted by Gasteiger charge is 2.34. The van der Waals surface area contributed by atoms with E-state index in [2.05, 4.69) is 27.4 Å². The van der Waals surface area contributed by atoms with Crippen LogP contribution in [0.15, 0.2) is 4.99 Å². The molecule has 6 heteroatoms. The zero-order valence-corrected chi connectivity index (χ0v) is 17.2. The molecule has 0 bridgehead atoms. The van der Waals surface area contributed by atoms with Crippen molar-refractivity contribution in [3.05, 3.63) is 0 Å². The Morgan fingerprint density at radius 3 is 2.65 bits per heavy atom. The lowest BCUT2D eigenvalue weighted by Crippen LogP contribution is -2.40. The quantitative estimate of drug-likeness (QED) is 0.238. The predicted molar refractivity (Wildman–Crippen MR) is 108 cm³/mol. The molecule has 1 unspecified atom stereocenters. The fourth-order valence-corrected chi connectivity index (χ4v) is 2.99. The molecular weight excluding hydrogens is 403 g/mol. The fraction of sp³-hybridized carbons (Fsp3) is 0.941. The number of nitrogens with one attached hydrogen (secondary N) is 2. The van der Waals surface area contributed by atoms with Crippen LogP contribution in [0.3, 0.4) is 0 Å². The van der Waals surface area contributed by atoms with Crippen molar-refractivity contribution < 1.29 is 4.74 Å². The Labute approximate surface area is 159 Å². The van der Waals surface area contributed by atoms with Crippen molar-refractivity contribution in [1.29, 1.82) is 0 Å². The Morgan fingerprint density at radius 2 is 1.96 bits per heavy atom. The number of likely N-dealkylation sites (tertiary alicyclic amines) is 1. The third kappa shape index (κ3) is 8.54. The van der Waals surface area contributed by atoms with Crippen molar-refractivity contribution in [1.82, 2.24) is 15.5 Å². The third-order valence-electron chi connectivity index (χ3n) is 4.56. The van der Waals surface area contributed by atoms with Gasteiger partial charge in [0.1, 0.15) is 0 Å². The molecule has 0 aromatic rings. The second-order valence-electron chi connectivity index (χ2n) is 6.58. The zero-order chi connectivity index (χ0) is 15.6. The Kier molecular flexibility index (Phi) is 11.2. The van der Waals surface area contributed by atoms with Gasteiger partial charge >= 0.3 is 0 Å². The average molecular weight is 438 g/mol. The Morgan fingerprint density at radius 1 is 1.17 bits per heavy atom. The molecule has 1 atom stereocenters. The first kappa shape index (κ1) is 21.0. The molecule has 2 aliphatic rings. The zero-order valence-electron chi connectivity index (χ0n) is 14.9. The van der Waals surface area contributed by atoms with Gasteiger partial charge in [-0.25, -0.2) is 0 Å². The van der Waals surface area contributed by atoms with Gasteiger partial charge < -0.3 is 20.3 Å². The molecule has 0 aromatic carbocycles. The highest BCUT2D eigenvalue weighted by Crippen LogP contribution is 2.31. The number of halogens is 1. The Bertz CT molecular complexity index is 337. The number of nitrogens with zero attached hydrogens (tertiary/aromatic N) is 2. The molecule has 0 amide bonds. The molecule has 0 spiro atoms. The summed E-state index contributed by atoms with van der Waals surface area (Å²) in [7, 11) is 1.85. The van der Waals surface area contributed by atoms with E-state index in [1.807, 2.05) is 7.05 Å². The number of rotatable bonds is 10. The Hall–Kier alpha value is -0.0800. The maximum atomic E-state index is 5.57. The minimum atomic E-state index is 0. The first-order valence-electron chi connectivity index (χ1n) is 9.09. The molecule has 2 rings (SSSR count). The van der Waals surface area contributed by atoms with Crippen molar-refractivity contribution in [2.45, 2.75) is 51.5 Å². The van der Waals surface area contributed by atoms with Crippen molar-refractivity contribution in [3.8, 4) is 0 Å². The number of unbranched alkanes of at least 4 members (excludes halogenated alkanes) is 1. The number of hydrogen-bond donors (Lipinski definition) is 2. The van der Waals surface area contributed by atoms with E-state index in [1.165, 1.54) is 38.8 Å². The average Bonchev–Trinajstić information content (AvgIpc) is 3.28. The van der Waals surface area contributed by atoms with Crippen molar-refractivity contribution in [2.24, 2.45) is 10.9 Å². The van der Waals surface area contributed by atoms with Crippen LogP contribution >= 0.6 is 24.0 Å². The molecular formula is C17H35IN4O. The summed E-state index contributed by atoms with van der Waals surface area (Å²) >= 11 is 0. The van der Waals surface area contributed by atoms with E-state index >= 15 is 0 Å². The topological polar surface area (TPSA) is 48.9 Å².